The minimum Gasteiger partial charge on any atom is -0.346 e. The molecule has 2 aromatic rings. The first-order valence-corrected chi connectivity index (χ1v) is 6.88. The second-order valence-electron chi connectivity index (χ2n) is 5.06. The fraction of sp³-hybridized carbons (Fsp3) is 0.294. The molecule has 20 heavy (non-hydrogen) atoms. The average molecular weight is 269 g/mol. The highest BCUT2D eigenvalue weighted by atomic mass is 16.2. The van der Waals surface area contributed by atoms with Crippen molar-refractivity contribution in [2.75, 3.05) is 0 Å². The molecule has 3 nitrogen and oxygen atoms in total. The Kier molecular flexibility index (Phi) is 4.51. The summed E-state index contributed by atoms with van der Waals surface area (Å²) in [6, 6.07) is 13.8. The number of carbonyl (C=O) groups is 1. The Morgan fingerprint density at radius 2 is 1.85 bits per heavy atom. The van der Waals surface area contributed by atoms with Gasteiger partial charge in [-0.2, -0.15) is 4.57 Å². The van der Waals surface area contributed by atoms with Gasteiger partial charge in [0.1, 0.15) is 0 Å². The van der Waals surface area contributed by atoms with Gasteiger partial charge >= 0.3 is 0 Å². The Balaban J connectivity index is 2.04. The van der Waals surface area contributed by atoms with Gasteiger partial charge in [-0.1, -0.05) is 30.3 Å². The van der Waals surface area contributed by atoms with Crippen LogP contribution in [0.2, 0.25) is 0 Å². The quantitative estimate of drug-likeness (QED) is 0.850. The van der Waals surface area contributed by atoms with E-state index in [1.807, 2.05) is 61.0 Å². The third-order valence-electron chi connectivity index (χ3n) is 3.66. The summed E-state index contributed by atoms with van der Waals surface area (Å²) in [5, 5.41) is 2.98. The number of aryl methyl sites for hydroxylation is 1. The van der Waals surface area contributed by atoms with E-state index in [-0.39, 0.29) is 11.9 Å². The van der Waals surface area contributed by atoms with Crippen LogP contribution >= 0.6 is 0 Å². The zero-order valence-corrected chi connectivity index (χ0v) is 12.3. The normalized spacial score (nSPS) is 11.9. The van der Waals surface area contributed by atoms with Crippen molar-refractivity contribution in [2.45, 2.75) is 33.4 Å². The molecule has 0 bridgehead atoms. The molecule has 1 N–H and O–H groups in total. The average Bonchev–Trinajstić information content (AvgIpc) is 2.48. The van der Waals surface area contributed by atoms with E-state index in [9.17, 15) is 4.79 Å². The third-order valence-corrected chi connectivity index (χ3v) is 3.66. The maximum atomic E-state index is 12.2. The number of amides is 1. The molecule has 0 unspecified atom stereocenters. The van der Waals surface area contributed by atoms with Crippen molar-refractivity contribution >= 4 is 5.91 Å². The Labute approximate surface area is 120 Å². The number of nitrogens with one attached hydrogen (secondary N) is 1. The van der Waals surface area contributed by atoms with Crippen LogP contribution < -0.4 is 9.88 Å². The molecular weight excluding hydrogens is 248 g/mol. The second-order valence-corrected chi connectivity index (χ2v) is 5.06. The highest BCUT2D eigenvalue weighted by Gasteiger charge is 2.24. The van der Waals surface area contributed by atoms with Gasteiger partial charge in [-0.05, 0) is 18.6 Å². The summed E-state index contributed by atoms with van der Waals surface area (Å²) in [4.78, 5) is 12.2. The predicted molar refractivity (Wildman–Crippen MR) is 79.1 cm³/mol. The molecule has 0 aliphatic rings. The number of carbonyl (C=O) groups excluding carboxylic acids is 1. The second kappa shape index (κ2) is 6.33. The van der Waals surface area contributed by atoms with Crippen molar-refractivity contribution < 1.29 is 9.36 Å². The van der Waals surface area contributed by atoms with Gasteiger partial charge in [0, 0.05) is 32.0 Å². The number of pyridine rings is 1. The minimum atomic E-state index is -0.210. The van der Waals surface area contributed by atoms with Gasteiger partial charge in [-0.25, -0.2) is 0 Å². The Bertz CT molecular complexity index is 593. The van der Waals surface area contributed by atoms with E-state index < -0.39 is 0 Å². The van der Waals surface area contributed by atoms with Gasteiger partial charge < -0.3 is 5.32 Å². The molecule has 0 aliphatic carbocycles. The van der Waals surface area contributed by atoms with E-state index in [0.29, 0.717) is 6.54 Å². The van der Waals surface area contributed by atoms with E-state index in [4.69, 9.17) is 0 Å². The summed E-state index contributed by atoms with van der Waals surface area (Å²) >= 11 is 0. The first kappa shape index (κ1) is 14.3. The fourth-order valence-electron chi connectivity index (χ4n) is 2.19. The van der Waals surface area contributed by atoms with Crippen molar-refractivity contribution in [1.29, 1.82) is 0 Å². The van der Waals surface area contributed by atoms with Crippen LogP contribution in [-0.2, 0) is 11.3 Å². The number of benzene rings is 1. The van der Waals surface area contributed by atoms with Gasteiger partial charge in [0.05, 0.1) is 0 Å². The molecule has 3 heteroatoms. The number of aromatic nitrogens is 1. The van der Waals surface area contributed by atoms with Crippen LogP contribution in [0.1, 0.15) is 29.8 Å². The van der Waals surface area contributed by atoms with Crippen molar-refractivity contribution in [3.05, 3.63) is 65.5 Å². The van der Waals surface area contributed by atoms with Crippen molar-refractivity contribution in [2.24, 2.45) is 0 Å². The van der Waals surface area contributed by atoms with Gasteiger partial charge in [-0.15, -0.1) is 0 Å². The molecule has 1 aromatic carbocycles. The van der Waals surface area contributed by atoms with E-state index in [2.05, 4.69) is 18.3 Å². The van der Waals surface area contributed by atoms with Gasteiger partial charge in [0.25, 0.3) is 5.91 Å². The van der Waals surface area contributed by atoms with Gasteiger partial charge in [0.15, 0.2) is 11.9 Å². The molecule has 1 atom stereocenters. The molecule has 0 saturated heterocycles. The Hall–Kier alpha value is -2.16. The van der Waals surface area contributed by atoms with E-state index in [1.165, 1.54) is 5.56 Å². The zero-order chi connectivity index (χ0) is 14.5. The molecular formula is C17H21N2O+. The van der Waals surface area contributed by atoms with Gasteiger partial charge in [-0.3, -0.25) is 4.79 Å². The highest BCUT2D eigenvalue weighted by molar-refractivity contribution is 5.78. The summed E-state index contributed by atoms with van der Waals surface area (Å²) in [7, 11) is 0. The van der Waals surface area contributed by atoms with Crippen LogP contribution in [0, 0.1) is 13.8 Å². The Morgan fingerprint density at radius 1 is 1.15 bits per heavy atom. The number of nitrogens with zero attached hydrogens (tertiary/aromatic N) is 1. The lowest BCUT2D eigenvalue weighted by atomic mass is 10.2. The summed E-state index contributed by atoms with van der Waals surface area (Å²) in [6.45, 7) is 6.58. The summed E-state index contributed by atoms with van der Waals surface area (Å²) < 4.78 is 2.01. The largest absolute Gasteiger partial charge is 0.346 e. The first-order valence-electron chi connectivity index (χ1n) is 6.88. The highest BCUT2D eigenvalue weighted by Crippen LogP contribution is 2.05. The molecule has 2 rings (SSSR count). The smallest absolute Gasteiger partial charge is 0.289 e. The van der Waals surface area contributed by atoms with Crippen LogP contribution in [0.5, 0.6) is 0 Å². The van der Waals surface area contributed by atoms with E-state index in [1.54, 1.807) is 0 Å². The monoisotopic (exact) mass is 269 g/mol. The molecule has 1 aromatic heterocycles. The van der Waals surface area contributed by atoms with E-state index in [0.717, 1.165) is 11.3 Å². The summed E-state index contributed by atoms with van der Waals surface area (Å²) in [6.07, 6.45) is 1.95. The standard InChI is InChI=1S/C17H20N2O/c1-13-8-7-11-19(14(13)2)15(3)17(20)18-12-16-9-5-4-6-10-16/h4-11,15H,12H2,1-3H3/p+1/t15-/m1/s1. The van der Waals surface area contributed by atoms with Crippen LogP contribution in [0.3, 0.4) is 0 Å². The maximum Gasteiger partial charge on any atom is 0.289 e. The van der Waals surface area contributed by atoms with Crippen molar-refractivity contribution in [3.8, 4) is 0 Å². The van der Waals surface area contributed by atoms with Crippen LogP contribution in [0.25, 0.3) is 0 Å². The molecule has 1 amide bonds. The predicted octanol–water partition coefficient (Wildman–Crippen LogP) is 2.47. The SMILES string of the molecule is Cc1ccc[n+]([C@H](C)C(=O)NCc2ccccc2)c1C. The molecule has 0 saturated carbocycles. The fourth-order valence-corrected chi connectivity index (χ4v) is 2.19. The molecule has 1 heterocycles. The molecule has 0 spiro atoms. The topological polar surface area (TPSA) is 33.0 Å². The lowest BCUT2D eigenvalue weighted by Crippen LogP contribution is -2.48. The zero-order valence-electron chi connectivity index (χ0n) is 12.3. The summed E-state index contributed by atoms with van der Waals surface area (Å²) in [5.74, 6) is 0.0348. The molecule has 0 fully saturated rings. The summed E-state index contributed by atoms with van der Waals surface area (Å²) in [5.41, 5.74) is 3.42. The number of rotatable bonds is 4. The lowest BCUT2D eigenvalue weighted by Gasteiger charge is -2.11. The van der Waals surface area contributed by atoms with Crippen LogP contribution in [0.15, 0.2) is 48.7 Å². The number of hydrogen-bond donors (Lipinski definition) is 1. The maximum absolute atomic E-state index is 12.2. The third kappa shape index (κ3) is 3.23. The Morgan fingerprint density at radius 3 is 2.55 bits per heavy atom. The van der Waals surface area contributed by atoms with Crippen LogP contribution in [0.4, 0.5) is 0 Å². The molecule has 0 radical (unpaired) electrons. The van der Waals surface area contributed by atoms with Crippen molar-refractivity contribution in [3.63, 3.8) is 0 Å². The van der Waals surface area contributed by atoms with Gasteiger partial charge in [0.2, 0.25) is 6.04 Å². The lowest BCUT2D eigenvalue weighted by molar-refractivity contribution is -0.712. The van der Waals surface area contributed by atoms with Crippen molar-refractivity contribution in [1.82, 2.24) is 5.32 Å². The minimum absolute atomic E-state index is 0.0348. The van der Waals surface area contributed by atoms with Crippen LogP contribution in [-0.4, -0.2) is 5.91 Å². The molecule has 104 valence electrons. The van der Waals surface area contributed by atoms with E-state index >= 15 is 0 Å². The first-order chi connectivity index (χ1) is 9.59. The molecule has 0 aliphatic heterocycles. The number of hydrogen-bond acceptors (Lipinski definition) is 1.